The zero-order chi connectivity index (χ0) is 15.6. The maximum Gasteiger partial charge on any atom is 0.0552 e. The molecule has 1 unspecified atom stereocenters. The molecule has 0 heterocycles. The lowest BCUT2D eigenvalue weighted by Crippen LogP contribution is -2.14. The van der Waals surface area contributed by atoms with Crippen LogP contribution in [0.5, 0.6) is 0 Å². The third-order valence-electron chi connectivity index (χ3n) is 3.86. The molecule has 1 atom stereocenters. The van der Waals surface area contributed by atoms with Crippen LogP contribution < -0.4 is 10.2 Å². The monoisotopic (exact) mass is 346 g/mol. The molecule has 0 aliphatic carbocycles. The predicted molar refractivity (Wildman–Crippen MR) is 95.6 cm³/mol. The Morgan fingerprint density at radius 1 is 1.05 bits per heavy atom. The Hall–Kier alpha value is -1.32. The van der Waals surface area contributed by atoms with Gasteiger partial charge in [-0.25, -0.2) is 0 Å². The second-order valence-electron chi connectivity index (χ2n) is 5.63. The zero-order valence-corrected chi connectivity index (χ0v) is 15.0. The van der Waals surface area contributed by atoms with Gasteiger partial charge in [0, 0.05) is 23.2 Å². The summed E-state index contributed by atoms with van der Waals surface area (Å²) in [6, 6.07) is 13.5. The maximum atomic E-state index is 3.71. The molecule has 0 aliphatic rings. The van der Waals surface area contributed by atoms with Crippen molar-refractivity contribution in [3.05, 3.63) is 57.6 Å². The highest BCUT2D eigenvalue weighted by molar-refractivity contribution is 9.10. The van der Waals surface area contributed by atoms with Crippen LogP contribution in [0.25, 0.3) is 0 Å². The molecule has 2 aromatic carbocycles. The minimum Gasteiger partial charge on any atom is -0.344 e. The number of rotatable bonds is 4. The molecule has 0 bridgehead atoms. The third-order valence-corrected chi connectivity index (χ3v) is 4.50. The van der Waals surface area contributed by atoms with E-state index in [1.54, 1.807) is 0 Å². The van der Waals surface area contributed by atoms with Gasteiger partial charge < -0.3 is 10.2 Å². The molecule has 0 amide bonds. The average molecular weight is 347 g/mol. The van der Waals surface area contributed by atoms with Crippen LogP contribution in [-0.2, 0) is 0 Å². The summed E-state index contributed by atoms with van der Waals surface area (Å²) in [6.07, 6.45) is 0. The van der Waals surface area contributed by atoms with Crippen LogP contribution in [0.4, 0.5) is 11.4 Å². The molecule has 3 heteroatoms. The van der Waals surface area contributed by atoms with Crippen LogP contribution in [0, 0.1) is 13.8 Å². The number of hydrogen-bond donors (Lipinski definition) is 1. The predicted octanol–water partition coefficient (Wildman–Crippen LogP) is 5.11. The Labute approximate surface area is 136 Å². The number of halogens is 1. The standard InChI is InChI=1S/C18H23BrN2/c1-12-8-13(2)10-16(9-12)21(5)18-7-6-15(11-17(18)19)14(3)20-4/h6-11,14,20H,1-5H3. The van der Waals surface area contributed by atoms with Crippen molar-refractivity contribution >= 4 is 27.3 Å². The number of anilines is 2. The van der Waals surface area contributed by atoms with Crippen LogP contribution in [0.15, 0.2) is 40.9 Å². The first-order valence-corrected chi connectivity index (χ1v) is 8.00. The Kier molecular flexibility index (Phi) is 5.07. The quantitative estimate of drug-likeness (QED) is 0.826. The second-order valence-corrected chi connectivity index (χ2v) is 6.48. The summed E-state index contributed by atoms with van der Waals surface area (Å²) in [7, 11) is 4.09. The van der Waals surface area contributed by atoms with Gasteiger partial charge in [-0.05, 0) is 84.7 Å². The molecular formula is C18H23BrN2. The van der Waals surface area contributed by atoms with Gasteiger partial charge in [-0.3, -0.25) is 0 Å². The summed E-state index contributed by atoms with van der Waals surface area (Å²) in [5.41, 5.74) is 6.23. The van der Waals surface area contributed by atoms with Crippen molar-refractivity contribution in [3.8, 4) is 0 Å². The Morgan fingerprint density at radius 3 is 2.19 bits per heavy atom. The molecule has 2 nitrogen and oxygen atoms in total. The molecular weight excluding hydrogens is 324 g/mol. The highest BCUT2D eigenvalue weighted by Gasteiger charge is 2.11. The fraction of sp³-hybridized carbons (Fsp3) is 0.333. The fourth-order valence-corrected chi connectivity index (χ4v) is 3.18. The summed E-state index contributed by atoms with van der Waals surface area (Å²) in [5, 5.41) is 3.27. The largest absolute Gasteiger partial charge is 0.344 e. The first-order chi connectivity index (χ1) is 9.92. The van der Waals surface area contributed by atoms with Gasteiger partial charge in [0.2, 0.25) is 0 Å². The first-order valence-electron chi connectivity index (χ1n) is 7.21. The minimum atomic E-state index is 0.349. The topological polar surface area (TPSA) is 15.3 Å². The van der Waals surface area contributed by atoms with E-state index in [-0.39, 0.29) is 0 Å². The molecule has 0 fully saturated rings. The SMILES string of the molecule is CNC(C)c1ccc(N(C)c2cc(C)cc(C)c2)c(Br)c1. The van der Waals surface area contributed by atoms with E-state index in [1.165, 1.54) is 28.1 Å². The van der Waals surface area contributed by atoms with Crippen molar-refractivity contribution < 1.29 is 0 Å². The number of aryl methyl sites for hydroxylation is 2. The second kappa shape index (κ2) is 6.63. The molecule has 0 saturated heterocycles. The van der Waals surface area contributed by atoms with Crippen LogP contribution in [0.3, 0.4) is 0 Å². The van der Waals surface area contributed by atoms with E-state index in [0.717, 1.165) is 4.47 Å². The van der Waals surface area contributed by atoms with Gasteiger partial charge in [-0.15, -0.1) is 0 Å². The van der Waals surface area contributed by atoms with E-state index >= 15 is 0 Å². The number of benzene rings is 2. The Bertz CT molecular complexity index is 617. The van der Waals surface area contributed by atoms with E-state index in [2.05, 4.69) is 90.4 Å². The van der Waals surface area contributed by atoms with Crippen molar-refractivity contribution in [2.24, 2.45) is 0 Å². The van der Waals surface area contributed by atoms with Crippen molar-refractivity contribution in [2.45, 2.75) is 26.8 Å². The highest BCUT2D eigenvalue weighted by Crippen LogP contribution is 2.33. The van der Waals surface area contributed by atoms with E-state index in [4.69, 9.17) is 0 Å². The van der Waals surface area contributed by atoms with Crippen LogP contribution in [0.1, 0.15) is 29.7 Å². The van der Waals surface area contributed by atoms with Gasteiger partial charge in [-0.1, -0.05) is 12.1 Å². The summed E-state index contributed by atoms with van der Waals surface area (Å²) in [5.74, 6) is 0. The normalized spacial score (nSPS) is 12.3. The molecule has 2 aromatic rings. The fourth-order valence-electron chi connectivity index (χ4n) is 2.51. The lowest BCUT2D eigenvalue weighted by atomic mass is 10.1. The van der Waals surface area contributed by atoms with Crippen molar-refractivity contribution in [2.75, 3.05) is 19.0 Å². The summed E-state index contributed by atoms with van der Waals surface area (Å²) in [4.78, 5) is 2.22. The number of nitrogens with one attached hydrogen (secondary N) is 1. The maximum absolute atomic E-state index is 3.71. The summed E-state index contributed by atoms with van der Waals surface area (Å²) >= 11 is 3.71. The first kappa shape index (κ1) is 16.1. The number of nitrogens with zero attached hydrogens (tertiary/aromatic N) is 1. The Balaban J connectivity index is 2.37. The average Bonchev–Trinajstić information content (AvgIpc) is 2.44. The highest BCUT2D eigenvalue weighted by atomic mass is 79.9. The molecule has 112 valence electrons. The molecule has 21 heavy (non-hydrogen) atoms. The van der Waals surface area contributed by atoms with Gasteiger partial charge in [0.15, 0.2) is 0 Å². The molecule has 1 N–H and O–H groups in total. The molecule has 0 saturated carbocycles. The van der Waals surface area contributed by atoms with Gasteiger partial charge in [0.05, 0.1) is 5.69 Å². The lowest BCUT2D eigenvalue weighted by molar-refractivity contribution is 0.652. The Morgan fingerprint density at radius 2 is 1.67 bits per heavy atom. The van der Waals surface area contributed by atoms with Crippen LogP contribution in [0.2, 0.25) is 0 Å². The molecule has 0 aliphatic heterocycles. The number of hydrogen-bond acceptors (Lipinski definition) is 2. The molecule has 0 radical (unpaired) electrons. The van der Waals surface area contributed by atoms with Crippen molar-refractivity contribution in [3.63, 3.8) is 0 Å². The van der Waals surface area contributed by atoms with E-state index in [0.29, 0.717) is 6.04 Å². The van der Waals surface area contributed by atoms with E-state index < -0.39 is 0 Å². The van der Waals surface area contributed by atoms with Gasteiger partial charge >= 0.3 is 0 Å². The third kappa shape index (κ3) is 3.66. The van der Waals surface area contributed by atoms with Gasteiger partial charge in [0.25, 0.3) is 0 Å². The lowest BCUT2D eigenvalue weighted by Gasteiger charge is -2.23. The molecule has 0 spiro atoms. The van der Waals surface area contributed by atoms with Crippen molar-refractivity contribution in [1.29, 1.82) is 0 Å². The summed E-state index contributed by atoms with van der Waals surface area (Å²) in [6.45, 7) is 6.43. The van der Waals surface area contributed by atoms with Crippen LogP contribution >= 0.6 is 15.9 Å². The zero-order valence-electron chi connectivity index (χ0n) is 13.4. The molecule has 0 aromatic heterocycles. The van der Waals surface area contributed by atoms with Crippen LogP contribution in [-0.4, -0.2) is 14.1 Å². The van der Waals surface area contributed by atoms with Gasteiger partial charge in [-0.2, -0.15) is 0 Å². The minimum absolute atomic E-state index is 0.349. The van der Waals surface area contributed by atoms with E-state index in [1.807, 2.05) is 7.05 Å². The smallest absolute Gasteiger partial charge is 0.0552 e. The van der Waals surface area contributed by atoms with Gasteiger partial charge in [0.1, 0.15) is 0 Å². The molecule has 2 rings (SSSR count). The summed E-state index contributed by atoms with van der Waals surface area (Å²) < 4.78 is 1.11. The van der Waals surface area contributed by atoms with E-state index in [9.17, 15) is 0 Å². The van der Waals surface area contributed by atoms with Crippen molar-refractivity contribution in [1.82, 2.24) is 5.32 Å².